The number of ether oxygens (including phenoxy) is 1. The van der Waals surface area contributed by atoms with Gasteiger partial charge in [-0.05, 0) is 0 Å². The Kier molecular flexibility index (Phi) is 3.95. The minimum absolute atomic E-state index is 0.0313. The highest BCUT2D eigenvalue weighted by molar-refractivity contribution is 7.87. The molecule has 1 saturated heterocycles. The number of alkyl halides is 3. The molecule has 1 heterocycles. The van der Waals surface area contributed by atoms with Crippen molar-refractivity contribution >= 4 is 21.8 Å². The van der Waals surface area contributed by atoms with E-state index < -0.39 is 27.4 Å². The van der Waals surface area contributed by atoms with E-state index in [2.05, 4.69) is 8.92 Å². The molecule has 0 radical (unpaired) electrons. The first-order valence-electron chi connectivity index (χ1n) is 5.69. The van der Waals surface area contributed by atoms with E-state index >= 15 is 0 Å². The highest BCUT2D eigenvalue weighted by atomic mass is 32.2. The quantitative estimate of drug-likeness (QED) is 0.281. The zero-order valence-electron chi connectivity index (χ0n) is 10.4. The van der Waals surface area contributed by atoms with Crippen LogP contribution in [0.4, 0.5) is 13.2 Å². The molecule has 21 heavy (non-hydrogen) atoms. The number of esters is 1. The zero-order valence-corrected chi connectivity index (χ0v) is 11.2. The average molecular weight is 322 g/mol. The third-order valence-corrected chi connectivity index (χ3v) is 3.57. The first kappa shape index (κ1) is 15.4. The molecule has 0 amide bonds. The lowest BCUT2D eigenvalue weighted by atomic mass is 10.1. The lowest BCUT2D eigenvalue weighted by Gasteiger charge is -2.13. The van der Waals surface area contributed by atoms with Crippen molar-refractivity contribution in [3.63, 3.8) is 0 Å². The predicted molar refractivity (Wildman–Crippen MR) is 65.0 cm³/mol. The molecule has 2 rings (SSSR count). The van der Waals surface area contributed by atoms with Crippen LogP contribution in [-0.2, 0) is 23.8 Å². The molecule has 1 aromatic rings. The molecule has 0 aliphatic carbocycles. The summed E-state index contributed by atoms with van der Waals surface area (Å²) in [5, 5.41) is 0. The van der Waals surface area contributed by atoms with Gasteiger partial charge in [-0.1, -0.05) is 30.3 Å². The molecule has 1 fully saturated rings. The fourth-order valence-corrected chi connectivity index (χ4v) is 2.17. The molecule has 1 aromatic carbocycles. The number of hydrogen-bond donors (Lipinski definition) is 0. The van der Waals surface area contributed by atoms with Crippen molar-refractivity contribution < 1.29 is 35.3 Å². The maximum Gasteiger partial charge on any atom is 0.534 e. The van der Waals surface area contributed by atoms with Crippen molar-refractivity contribution in [2.24, 2.45) is 0 Å². The monoisotopic (exact) mass is 322 g/mol. The van der Waals surface area contributed by atoms with Gasteiger partial charge in [-0.2, -0.15) is 21.6 Å². The second kappa shape index (κ2) is 5.40. The van der Waals surface area contributed by atoms with Crippen LogP contribution in [0.25, 0.3) is 5.76 Å². The van der Waals surface area contributed by atoms with Crippen LogP contribution in [0.5, 0.6) is 0 Å². The summed E-state index contributed by atoms with van der Waals surface area (Å²) in [5.41, 5.74) is -5.79. The lowest BCUT2D eigenvalue weighted by Crippen LogP contribution is -2.25. The molecule has 5 nitrogen and oxygen atoms in total. The average Bonchev–Trinajstić information content (AvgIpc) is 2.82. The van der Waals surface area contributed by atoms with Gasteiger partial charge in [0.25, 0.3) is 0 Å². The van der Waals surface area contributed by atoms with Gasteiger partial charge in [0.05, 0.1) is 12.2 Å². The molecule has 0 aromatic heterocycles. The topological polar surface area (TPSA) is 69.7 Å². The van der Waals surface area contributed by atoms with Gasteiger partial charge in [0.1, 0.15) is 0 Å². The molecule has 1 aliphatic rings. The van der Waals surface area contributed by atoms with E-state index in [0.29, 0.717) is 0 Å². The van der Waals surface area contributed by atoms with Crippen LogP contribution < -0.4 is 0 Å². The first-order chi connectivity index (χ1) is 9.72. The summed E-state index contributed by atoms with van der Waals surface area (Å²) in [6.07, 6.45) is -0.0313. The SMILES string of the molecule is O=C1OCC/C1=C(/OS(=O)(=O)C(F)(F)F)c1ccccc1. The highest BCUT2D eigenvalue weighted by Gasteiger charge is 2.49. The van der Waals surface area contributed by atoms with Crippen LogP contribution in [0.3, 0.4) is 0 Å². The number of carbonyl (C=O) groups excluding carboxylic acids is 1. The van der Waals surface area contributed by atoms with E-state index in [1.807, 2.05) is 0 Å². The summed E-state index contributed by atoms with van der Waals surface area (Å²) in [7, 11) is -5.87. The van der Waals surface area contributed by atoms with E-state index in [9.17, 15) is 26.4 Å². The Bertz CT molecular complexity index is 677. The number of hydrogen-bond acceptors (Lipinski definition) is 5. The summed E-state index contributed by atoms with van der Waals surface area (Å²) >= 11 is 0. The highest BCUT2D eigenvalue weighted by Crippen LogP contribution is 2.33. The lowest BCUT2D eigenvalue weighted by molar-refractivity contribution is -0.135. The van der Waals surface area contributed by atoms with Crippen LogP contribution in [0.1, 0.15) is 12.0 Å². The van der Waals surface area contributed by atoms with Crippen LogP contribution in [-0.4, -0.2) is 26.5 Å². The fourth-order valence-electron chi connectivity index (χ4n) is 1.66. The number of rotatable bonds is 3. The van der Waals surface area contributed by atoms with E-state index in [1.54, 1.807) is 6.07 Å². The smallest absolute Gasteiger partial charge is 0.462 e. The molecule has 114 valence electrons. The Morgan fingerprint density at radius 1 is 1.19 bits per heavy atom. The van der Waals surface area contributed by atoms with Crippen molar-refractivity contribution in [3.05, 3.63) is 41.5 Å². The molecule has 1 aliphatic heterocycles. The molecule has 0 N–H and O–H groups in total. The van der Waals surface area contributed by atoms with Gasteiger partial charge in [0.15, 0.2) is 5.76 Å². The van der Waals surface area contributed by atoms with Crippen molar-refractivity contribution in [1.29, 1.82) is 0 Å². The van der Waals surface area contributed by atoms with Crippen LogP contribution in [0, 0.1) is 0 Å². The second-order valence-corrected chi connectivity index (χ2v) is 5.58. The minimum atomic E-state index is -5.87. The van der Waals surface area contributed by atoms with Crippen LogP contribution >= 0.6 is 0 Å². The Balaban J connectivity index is 2.52. The normalized spacial score (nSPS) is 18.3. The summed E-state index contributed by atoms with van der Waals surface area (Å²) in [6.45, 7) is -0.0417. The van der Waals surface area contributed by atoms with E-state index in [-0.39, 0.29) is 24.2 Å². The first-order valence-corrected chi connectivity index (χ1v) is 7.09. The molecule has 0 bridgehead atoms. The summed E-state index contributed by atoms with van der Waals surface area (Å²) < 4.78 is 68.4. The Morgan fingerprint density at radius 2 is 1.81 bits per heavy atom. The molecular weight excluding hydrogens is 313 g/mol. The Hall–Kier alpha value is -2.03. The molecule has 9 heteroatoms. The third-order valence-electron chi connectivity index (χ3n) is 2.62. The third kappa shape index (κ3) is 3.18. The zero-order chi connectivity index (χ0) is 15.7. The Labute approximate surface area is 118 Å². The maximum absolute atomic E-state index is 12.4. The number of benzene rings is 1. The standard InChI is InChI=1S/C12H9F3O5S/c13-12(14,15)21(17,18)20-10(8-4-2-1-3-5-8)9-6-7-19-11(9)16/h1-5H,6-7H2/b10-9-. The largest absolute Gasteiger partial charge is 0.534 e. The number of halogens is 3. The van der Waals surface area contributed by atoms with Crippen LogP contribution in [0.2, 0.25) is 0 Å². The van der Waals surface area contributed by atoms with E-state index in [0.717, 1.165) is 0 Å². The number of carbonyl (C=O) groups is 1. The maximum atomic E-state index is 12.4. The van der Waals surface area contributed by atoms with Gasteiger partial charge < -0.3 is 8.92 Å². The van der Waals surface area contributed by atoms with Crippen molar-refractivity contribution in [3.8, 4) is 0 Å². The molecule has 0 unspecified atom stereocenters. The van der Waals surface area contributed by atoms with Gasteiger partial charge in [0, 0.05) is 12.0 Å². The summed E-state index contributed by atoms with van der Waals surface area (Å²) in [4.78, 5) is 11.5. The molecule has 0 atom stereocenters. The van der Waals surface area contributed by atoms with Gasteiger partial charge in [0.2, 0.25) is 0 Å². The Morgan fingerprint density at radius 3 is 2.29 bits per heavy atom. The van der Waals surface area contributed by atoms with E-state index in [4.69, 9.17) is 0 Å². The molecular formula is C12H9F3O5S. The molecule has 0 spiro atoms. The van der Waals surface area contributed by atoms with Gasteiger partial charge in [-0.15, -0.1) is 0 Å². The van der Waals surface area contributed by atoms with Gasteiger partial charge in [-0.25, -0.2) is 4.79 Å². The minimum Gasteiger partial charge on any atom is -0.462 e. The van der Waals surface area contributed by atoms with Crippen molar-refractivity contribution in [1.82, 2.24) is 0 Å². The van der Waals surface area contributed by atoms with E-state index in [1.165, 1.54) is 24.3 Å². The number of cyclic esters (lactones) is 1. The summed E-state index contributed by atoms with van der Waals surface area (Å²) in [5.74, 6) is -1.55. The molecule has 0 saturated carbocycles. The second-order valence-electron chi connectivity index (χ2n) is 4.04. The summed E-state index contributed by atoms with van der Waals surface area (Å²) in [6, 6.07) is 7.19. The van der Waals surface area contributed by atoms with Gasteiger partial charge >= 0.3 is 21.6 Å². The van der Waals surface area contributed by atoms with Gasteiger partial charge in [-0.3, -0.25) is 0 Å². The van der Waals surface area contributed by atoms with Crippen molar-refractivity contribution in [2.75, 3.05) is 6.61 Å². The fraction of sp³-hybridized carbons (Fsp3) is 0.250. The van der Waals surface area contributed by atoms with Crippen LogP contribution in [0.15, 0.2) is 35.9 Å². The van der Waals surface area contributed by atoms with Crippen molar-refractivity contribution in [2.45, 2.75) is 11.9 Å². The predicted octanol–water partition coefficient (Wildman–Crippen LogP) is 2.21.